The van der Waals surface area contributed by atoms with Crippen LogP contribution in [-0.2, 0) is 6.54 Å². The van der Waals surface area contributed by atoms with Crippen molar-refractivity contribution in [2.24, 2.45) is 5.92 Å². The van der Waals surface area contributed by atoms with Gasteiger partial charge in [-0.15, -0.1) is 0 Å². The summed E-state index contributed by atoms with van der Waals surface area (Å²) in [6, 6.07) is 8.42. The van der Waals surface area contributed by atoms with Crippen LogP contribution in [0.1, 0.15) is 25.3 Å². The minimum atomic E-state index is 0.854. The maximum Gasteiger partial charge on any atom is 0.118 e. The zero-order chi connectivity index (χ0) is 11.4. The van der Waals surface area contributed by atoms with Crippen LogP contribution in [0.3, 0.4) is 0 Å². The third-order valence-corrected chi connectivity index (χ3v) is 3.31. The van der Waals surface area contributed by atoms with Crippen LogP contribution >= 0.6 is 0 Å². The summed E-state index contributed by atoms with van der Waals surface area (Å²) in [5.74, 6) is 1.79. The van der Waals surface area contributed by atoms with Gasteiger partial charge in [-0.1, -0.05) is 19.1 Å². The molecule has 1 atom stereocenters. The van der Waals surface area contributed by atoms with Crippen molar-refractivity contribution < 1.29 is 4.74 Å². The van der Waals surface area contributed by atoms with Gasteiger partial charge >= 0.3 is 0 Å². The van der Waals surface area contributed by atoms with Gasteiger partial charge in [0.1, 0.15) is 5.75 Å². The summed E-state index contributed by atoms with van der Waals surface area (Å²) in [5.41, 5.74) is 1.38. The van der Waals surface area contributed by atoms with Crippen molar-refractivity contribution in [2.75, 3.05) is 20.2 Å². The topological polar surface area (TPSA) is 12.5 Å². The van der Waals surface area contributed by atoms with Crippen LogP contribution in [0.2, 0.25) is 0 Å². The Hall–Kier alpha value is -1.02. The number of piperidine rings is 1. The molecule has 0 unspecified atom stereocenters. The fourth-order valence-electron chi connectivity index (χ4n) is 2.42. The molecule has 1 fully saturated rings. The fourth-order valence-corrected chi connectivity index (χ4v) is 2.42. The molecule has 0 aliphatic carbocycles. The summed E-state index contributed by atoms with van der Waals surface area (Å²) < 4.78 is 5.16. The highest BCUT2D eigenvalue weighted by Gasteiger charge is 2.15. The lowest BCUT2D eigenvalue weighted by atomic mass is 10.00. The van der Waals surface area contributed by atoms with E-state index in [1.54, 1.807) is 7.11 Å². The van der Waals surface area contributed by atoms with Crippen molar-refractivity contribution in [1.82, 2.24) is 4.90 Å². The van der Waals surface area contributed by atoms with Gasteiger partial charge in [-0.05, 0) is 43.0 Å². The van der Waals surface area contributed by atoms with E-state index in [2.05, 4.69) is 24.0 Å². The molecule has 0 spiro atoms. The first-order valence-corrected chi connectivity index (χ1v) is 6.13. The Morgan fingerprint density at radius 3 is 2.69 bits per heavy atom. The highest BCUT2D eigenvalue weighted by atomic mass is 16.5. The third-order valence-electron chi connectivity index (χ3n) is 3.31. The van der Waals surface area contributed by atoms with Gasteiger partial charge in [0.05, 0.1) is 7.11 Å². The average molecular weight is 219 g/mol. The zero-order valence-corrected chi connectivity index (χ0v) is 10.3. The second kappa shape index (κ2) is 5.35. The van der Waals surface area contributed by atoms with Crippen LogP contribution in [0.4, 0.5) is 0 Å². The standard InChI is InChI=1S/C14H21NO/c1-12-4-3-9-15(10-12)11-13-5-7-14(16-2)8-6-13/h5-8,12H,3-4,9-11H2,1-2H3/t12-/m1/s1. The van der Waals surface area contributed by atoms with Crippen LogP contribution in [0.5, 0.6) is 5.75 Å². The minimum Gasteiger partial charge on any atom is -0.497 e. The summed E-state index contributed by atoms with van der Waals surface area (Å²) in [5, 5.41) is 0. The Labute approximate surface area is 98.2 Å². The molecule has 2 heteroatoms. The highest BCUT2D eigenvalue weighted by molar-refractivity contribution is 5.27. The molecule has 1 aliphatic heterocycles. The maximum atomic E-state index is 5.16. The Kier molecular flexibility index (Phi) is 3.83. The molecule has 2 nitrogen and oxygen atoms in total. The molecule has 0 bridgehead atoms. The molecule has 1 heterocycles. The van der Waals surface area contributed by atoms with E-state index < -0.39 is 0 Å². The molecule has 0 saturated carbocycles. The van der Waals surface area contributed by atoms with E-state index in [0.717, 1.165) is 18.2 Å². The quantitative estimate of drug-likeness (QED) is 0.775. The van der Waals surface area contributed by atoms with Crippen molar-refractivity contribution in [2.45, 2.75) is 26.3 Å². The molecule has 0 radical (unpaired) electrons. The number of benzene rings is 1. The van der Waals surface area contributed by atoms with Crippen LogP contribution in [0, 0.1) is 5.92 Å². The molecule has 0 amide bonds. The van der Waals surface area contributed by atoms with Gasteiger partial charge in [-0.2, -0.15) is 0 Å². The van der Waals surface area contributed by atoms with Crippen molar-refractivity contribution in [3.63, 3.8) is 0 Å². The molecule has 2 rings (SSSR count). The van der Waals surface area contributed by atoms with Crippen molar-refractivity contribution in [3.05, 3.63) is 29.8 Å². The Morgan fingerprint density at radius 2 is 2.06 bits per heavy atom. The SMILES string of the molecule is COc1ccc(CN2CCC[C@@H](C)C2)cc1. The van der Waals surface area contributed by atoms with Crippen LogP contribution < -0.4 is 4.74 Å². The minimum absolute atomic E-state index is 0.854. The predicted molar refractivity (Wildman–Crippen MR) is 66.7 cm³/mol. The number of ether oxygens (including phenoxy) is 1. The van der Waals surface area contributed by atoms with Crippen molar-refractivity contribution in [3.8, 4) is 5.75 Å². The van der Waals surface area contributed by atoms with E-state index in [1.165, 1.54) is 31.5 Å². The van der Waals surface area contributed by atoms with Gasteiger partial charge in [-0.3, -0.25) is 4.90 Å². The number of likely N-dealkylation sites (tertiary alicyclic amines) is 1. The average Bonchev–Trinajstić information content (AvgIpc) is 2.30. The molecule has 0 N–H and O–H groups in total. The van der Waals surface area contributed by atoms with E-state index in [0.29, 0.717) is 0 Å². The Balaban J connectivity index is 1.92. The van der Waals surface area contributed by atoms with Crippen LogP contribution in [-0.4, -0.2) is 25.1 Å². The lowest BCUT2D eigenvalue weighted by Gasteiger charge is -2.30. The predicted octanol–water partition coefficient (Wildman–Crippen LogP) is 2.93. The molecule has 1 aromatic carbocycles. The van der Waals surface area contributed by atoms with Gasteiger partial charge in [0.25, 0.3) is 0 Å². The van der Waals surface area contributed by atoms with E-state index in [9.17, 15) is 0 Å². The number of hydrogen-bond acceptors (Lipinski definition) is 2. The summed E-state index contributed by atoms with van der Waals surface area (Å²) in [7, 11) is 1.71. The molecular formula is C14H21NO. The van der Waals surface area contributed by atoms with E-state index >= 15 is 0 Å². The van der Waals surface area contributed by atoms with E-state index in [-0.39, 0.29) is 0 Å². The van der Waals surface area contributed by atoms with E-state index in [1.807, 2.05) is 12.1 Å². The third kappa shape index (κ3) is 2.99. The number of hydrogen-bond donors (Lipinski definition) is 0. The van der Waals surface area contributed by atoms with Gasteiger partial charge in [0, 0.05) is 13.1 Å². The van der Waals surface area contributed by atoms with E-state index in [4.69, 9.17) is 4.74 Å². The van der Waals surface area contributed by atoms with Gasteiger partial charge in [-0.25, -0.2) is 0 Å². The molecular weight excluding hydrogens is 198 g/mol. The molecule has 1 aliphatic rings. The first-order chi connectivity index (χ1) is 7.78. The molecule has 88 valence electrons. The van der Waals surface area contributed by atoms with Crippen molar-refractivity contribution in [1.29, 1.82) is 0 Å². The lowest BCUT2D eigenvalue weighted by molar-refractivity contribution is 0.176. The van der Waals surface area contributed by atoms with Gasteiger partial charge in [0.15, 0.2) is 0 Å². The summed E-state index contributed by atoms with van der Waals surface area (Å²) >= 11 is 0. The van der Waals surface area contributed by atoms with Crippen molar-refractivity contribution >= 4 is 0 Å². The highest BCUT2D eigenvalue weighted by Crippen LogP contribution is 2.19. The second-order valence-electron chi connectivity index (χ2n) is 4.83. The Bertz CT molecular complexity index is 320. The molecule has 1 saturated heterocycles. The smallest absolute Gasteiger partial charge is 0.118 e. The lowest BCUT2D eigenvalue weighted by Crippen LogP contribution is -2.33. The summed E-state index contributed by atoms with van der Waals surface area (Å²) in [4.78, 5) is 2.55. The fraction of sp³-hybridized carbons (Fsp3) is 0.571. The molecule has 16 heavy (non-hydrogen) atoms. The first kappa shape index (κ1) is 11.5. The molecule has 1 aromatic rings. The monoisotopic (exact) mass is 219 g/mol. The first-order valence-electron chi connectivity index (χ1n) is 6.13. The van der Waals surface area contributed by atoms with Crippen LogP contribution in [0.15, 0.2) is 24.3 Å². The van der Waals surface area contributed by atoms with Gasteiger partial charge < -0.3 is 4.74 Å². The number of methoxy groups -OCH3 is 1. The second-order valence-corrected chi connectivity index (χ2v) is 4.83. The number of rotatable bonds is 3. The largest absolute Gasteiger partial charge is 0.497 e. The number of nitrogens with zero attached hydrogens (tertiary/aromatic N) is 1. The van der Waals surface area contributed by atoms with Gasteiger partial charge in [0.2, 0.25) is 0 Å². The molecule has 0 aromatic heterocycles. The Morgan fingerprint density at radius 1 is 1.31 bits per heavy atom. The zero-order valence-electron chi connectivity index (χ0n) is 10.3. The maximum absolute atomic E-state index is 5.16. The van der Waals surface area contributed by atoms with Crippen LogP contribution in [0.25, 0.3) is 0 Å². The summed E-state index contributed by atoms with van der Waals surface area (Å²) in [6.45, 7) is 5.91. The normalized spacial score (nSPS) is 22.0. The summed E-state index contributed by atoms with van der Waals surface area (Å²) in [6.07, 6.45) is 2.73.